The van der Waals surface area contributed by atoms with Crippen molar-refractivity contribution >= 4 is 39.0 Å². The second kappa shape index (κ2) is 13.7. The molecule has 0 bridgehead atoms. The van der Waals surface area contributed by atoms with Crippen molar-refractivity contribution in [3.05, 3.63) is 65.8 Å². The van der Waals surface area contributed by atoms with Gasteiger partial charge in [-0.05, 0) is 55.5 Å². The molecular weight excluding hydrogens is 590 g/mol. The second-order valence-electron chi connectivity index (χ2n) is 11.0. The quantitative estimate of drug-likeness (QED) is 0.244. The number of rotatable bonds is 9. The van der Waals surface area contributed by atoms with Crippen LogP contribution < -0.4 is 15.4 Å². The molecule has 2 atom stereocenters. The zero-order valence-corrected chi connectivity index (χ0v) is 25.4. The fourth-order valence-corrected chi connectivity index (χ4v) is 8.07. The van der Waals surface area contributed by atoms with Crippen LogP contribution >= 0.6 is 11.3 Å². The lowest BCUT2D eigenvalue weighted by atomic mass is 9.84. The maximum atomic E-state index is 13.6. The number of thiophene rings is 1. The zero-order valence-electron chi connectivity index (χ0n) is 23.7. The first-order valence-corrected chi connectivity index (χ1v) is 16.8. The van der Waals surface area contributed by atoms with Gasteiger partial charge < -0.3 is 10.6 Å². The van der Waals surface area contributed by atoms with Crippen molar-refractivity contribution in [3.8, 4) is 10.6 Å². The fourth-order valence-electron chi connectivity index (χ4n) is 5.70. The molecule has 0 aromatic carbocycles. The predicted octanol–water partition coefficient (Wildman–Crippen LogP) is 2.94. The van der Waals surface area contributed by atoms with Crippen LogP contribution in [0.1, 0.15) is 61.0 Å². The molecule has 4 heterocycles. The number of hydrogen-bond acceptors (Lipinski definition) is 8. The van der Waals surface area contributed by atoms with E-state index in [0.29, 0.717) is 22.4 Å². The number of ketones is 1. The number of Topliss-reactive ketones (excluding diaryl/α,β-unsaturated/α-hetero) is 1. The van der Waals surface area contributed by atoms with Gasteiger partial charge >= 0.3 is 15.0 Å². The summed E-state index contributed by atoms with van der Waals surface area (Å²) in [5.74, 6) is -0.992. The highest BCUT2D eigenvalue weighted by Crippen LogP contribution is 2.29. The van der Waals surface area contributed by atoms with Gasteiger partial charge in [-0.3, -0.25) is 24.6 Å². The molecule has 1 saturated heterocycles. The van der Waals surface area contributed by atoms with E-state index in [4.69, 9.17) is 0 Å². The number of sulfonamides is 1. The van der Waals surface area contributed by atoms with Crippen molar-refractivity contribution in [1.29, 1.82) is 0 Å². The van der Waals surface area contributed by atoms with Crippen molar-refractivity contribution in [1.82, 2.24) is 19.9 Å². The molecule has 43 heavy (non-hydrogen) atoms. The summed E-state index contributed by atoms with van der Waals surface area (Å²) in [5.41, 5.74) is 0.757. The largest absolute Gasteiger partial charge is 0.361 e. The van der Waals surface area contributed by atoms with Crippen molar-refractivity contribution in [2.45, 2.75) is 68.5 Å². The predicted molar refractivity (Wildman–Crippen MR) is 159 cm³/mol. The average Bonchev–Trinajstić information content (AvgIpc) is 3.44. The number of aromatic nitrogens is 2. The molecule has 2 amide bonds. The molecule has 2 fully saturated rings. The molecule has 11 nitrogen and oxygen atoms in total. The normalized spacial score (nSPS) is 19.3. The van der Waals surface area contributed by atoms with E-state index in [0.717, 1.165) is 47.0 Å². The monoisotopic (exact) mass is 626 g/mol. The van der Waals surface area contributed by atoms with Gasteiger partial charge in [-0.1, -0.05) is 38.2 Å². The first-order valence-electron chi connectivity index (χ1n) is 14.6. The van der Waals surface area contributed by atoms with E-state index in [1.54, 1.807) is 12.3 Å². The lowest BCUT2D eigenvalue weighted by Gasteiger charge is -2.27. The Kier molecular flexibility index (Phi) is 9.83. The van der Waals surface area contributed by atoms with Crippen LogP contribution in [0.5, 0.6) is 0 Å². The van der Waals surface area contributed by atoms with E-state index >= 15 is 0 Å². The van der Waals surface area contributed by atoms with E-state index < -0.39 is 40.3 Å². The Hall–Kier alpha value is -3.68. The minimum absolute atomic E-state index is 0.0640. The molecular formula is C30H36N5O6S2+. The first-order chi connectivity index (χ1) is 20.7. The summed E-state index contributed by atoms with van der Waals surface area (Å²) >= 11 is 1.29. The van der Waals surface area contributed by atoms with Crippen LogP contribution in [0.2, 0.25) is 0 Å². The summed E-state index contributed by atoms with van der Waals surface area (Å²) in [7, 11) is -4.15. The molecule has 1 aliphatic heterocycles. The third-order valence-corrected chi connectivity index (χ3v) is 11.0. The molecule has 13 heteroatoms. The van der Waals surface area contributed by atoms with Crippen LogP contribution in [-0.4, -0.2) is 65.7 Å². The molecule has 3 aromatic rings. The molecule has 1 aliphatic carbocycles. The topological polar surface area (TPSA) is 150 Å². The van der Waals surface area contributed by atoms with Gasteiger partial charge in [-0.15, -0.1) is 11.3 Å². The highest BCUT2D eigenvalue weighted by Gasteiger charge is 2.38. The maximum Gasteiger partial charge on any atom is 0.361 e. The number of hydrogen-bond donors (Lipinski definition) is 3. The van der Waals surface area contributed by atoms with Crippen molar-refractivity contribution in [2.75, 3.05) is 13.1 Å². The summed E-state index contributed by atoms with van der Waals surface area (Å²) in [6, 6.07) is 11.6. The first kappa shape index (κ1) is 30.8. The molecule has 2 aliphatic rings. The third-order valence-electron chi connectivity index (χ3n) is 8.01. The van der Waals surface area contributed by atoms with Gasteiger partial charge in [-0.2, -0.15) is 4.31 Å². The highest BCUT2D eigenvalue weighted by atomic mass is 32.2. The molecule has 3 aromatic heterocycles. The van der Waals surface area contributed by atoms with E-state index in [1.807, 2.05) is 24.3 Å². The van der Waals surface area contributed by atoms with Crippen LogP contribution in [0, 0.1) is 5.92 Å². The SMILES string of the molecule is O=C(N[C@@H](CC1CCCCC1)C(=O)NC1CCCN(S(=O)(=O)c2cccc[n+]2O)CC1=O)c1ccc(-c2ccccn2)s1. The van der Waals surface area contributed by atoms with Crippen molar-refractivity contribution in [3.63, 3.8) is 0 Å². The number of nitrogens with one attached hydrogen (secondary N) is 2. The number of carbonyl (C=O) groups excluding carboxylic acids is 3. The zero-order chi connectivity index (χ0) is 30.4. The molecule has 5 rings (SSSR count). The molecule has 0 spiro atoms. The van der Waals surface area contributed by atoms with E-state index in [1.165, 1.54) is 35.7 Å². The Labute approximate surface area is 255 Å². The Bertz CT molecular complexity index is 1560. The highest BCUT2D eigenvalue weighted by molar-refractivity contribution is 7.89. The van der Waals surface area contributed by atoms with Gasteiger partial charge in [0.05, 0.1) is 28.0 Å². The van der Waals surface area contributed by atoms with Gasteiger partial charge in [0.2, 0.25) is 12.1 Å². The Morgan fingerprint density at radius 1 is 1.05 bits per heavy atom. The van der Waals surface area contributed by atoms with E-state index in [2.05, 4.69) is 15.6 Å². The third kappa shape index (κ3) is 7.46. The molecule has 228 valence electrons. The number of carbonyl (C=O) groups is 3. The molecule has 1 unspecified atom stereocenters. The van der Waals surface area contributed by atoms with Gasteiger partial charge in [-0.25, -0.2) is 8.42 Å². The van der Waals surface area contributed by atoms with Crippen LogP contribution in [0.3, 0.4) is 0 Å². The van der Waals surface area contributed by atoms with Gasteiger partial charge in [0, 0.05) is 29.6 Å². The van der Waals surface area contributed by atoms with Crippen LogP contribution in [0.15, 0.2) is 66.0 Å². The molecule has 1 saturated carbocycles. The minimum atomic E-state index is -4.15. The summed E-state index contributed by atoms with van der Waals surface area (Å²) in [5, 5.41) is 15.4. The minimum Gasteiger partial charge on any atom is -0.344 e. The lowest BCUT2D eigenvalue weighted by molar-refractivity contribution is -0.933. The standard InChI is InChI=1S/C30H35N5O6S2/c36-25-20-34(43(40,41)28-13-5-7-18-35(28)39)17-8-12-22(25)32-29(37)24(19-21-9-2-1-3-10-21)33-30(38)27-15-14-26(42-27)23-11-4-6-16-31-23/h4-7,11,13-16,18,21-22,24H,1-3,8-10,12,17,19-20H2,(H2-,32,33,37,38,39)/p+1/t22?,24-/m0/s1. The number of nitrogens with zero attached hydrogens (tertiary/aromatic N) is 3. The average molecular weight is 627 g/mol. The second-order valence-corrected chi connectivity index (χ2v) is 14.0. The van der Waals surface area contributed by atoms with E-state index in [9.17, 15) is 28.0 Å². The van der Waals surface area contributed by atoms with Crippen molar-refractivity contribution in [2.24, 2.45) is 5.92 Å². The van der Waals surface area contributed by atoms with Crippen LogP contribution in [0.25, 0.3) is 10.6 Å². The number of amides is 2. The summed E-state index contributed by atoms with van der Waals surface area (Å²) in [6.45, 7) is -0.373. The maximum absolute atomic E-state index is 13.6. The van der Waals surface area contributed by atoms with Crippen molar-refractivity contribution < 1.29 is 32.7 Å². The lowest BCUT2D eigenvalue weighted by Crippen LogP contribution is -2.53. The Balaban J connectivity index is 1.28. The Morgan fingerprint density at radius 2 is 1.84 bits per heavy atom. The summed E-state index contributed by atoms with van der Waals surface area (Å²) in [4.78, 5) is 45.8. The van der Waals surface area contributed by atoms with Gasteiger partial charge in [0.25, 0.3) is 5.91 Å². The Morgan fingerprint density at radius 3 is 2.58 bits per heavy atom. The molecule has 0 radical (unpaired) electrons. The number of pyridine rings is 2. The summed E-state index contributed by atoms with van der Waals surface area (Å²) < 4.78 is 27.9. The van der Waals surface area contributed by atoms with E-state index in [-0.39, 0.29) is 29.8 Å². The molecule has 3 N–H and O–H groups in total. The van der Waals surface area contributed by atoms with Gasteiger partial charge in [0.1, 0.15) is 6.04 Å². The van der Waals surface area contributed by atoms with Crippen LogP contribution in [-0.2, 0) is 19.6 Å². The van der Waals surface area contributed by atoms with Crippen LogP contribution in [0.4, 0.5) is 0 Å². The van der Waals surface area contributed by atoms with Gasteiger partial charge in [0.15, 0.2) is 5.78 Å². The summed E-state index contributed by atoms with van der Waals surface area (Å²) in [6.07, 6.45) is 9.19. The fraction of sp³-hybridized carbons (Fsp3) is 0.433. The smallest absolute Gasteiger partial charge is 0.344 e.